The lowest BCUT2D eigenvalue weighted by atomic mass is 10.4. The number of nitrogens with two attached hydrogens (primary N) is 1. The van der Waals surface area contributed by atoms with Crippen molar-refractivity contribution in [2.45, 2.75) is 12.8 Å². The highest BCUT2D eigenvalue weighted by molar-refractivity contribution is 5.78. The summed E-state index contributed by atoms with van der Waals surface area (Å²) in [6, 6.07) is 0. The smallest absolute Gasteiger partial charge is 0.226 e. The predicted octanol–water partition coefficient (Wildman–Crippen LogP) is -0.146. The molecule has 1 rings (SSSR count). The van der Waals surface area contributed by atoms with Gasteiger partial charge in [0.15, 0.2) is 0 Å². The molecule has 0 saturated carbocycles. The van der Waals surface area contributed by atoms with Gasteiger partial charge in [-0.2, -0.15) is 0 Å². The maximum absolute atomic E-state index is 10.7. The van der Waals surface area contributed by atoms with Gasteiger partial charge in [-0.1, -0.05) is 6.58 Å². The molecule has 0 unspecified atom stereocenters. The Morgan fingerprint density at radius 3 is 2.36 bits per heavy atom. The molecule has 2 N–H and O–H groups in total. The molecule has 1 saturated heterocycles. The van der Waals surface area contributed by atoms with E-state index >= 15 is 0 Å². The van der Waals surface area contributed by atoms with Gasteiger partial charge in [-0.3, -0.25) is 9.59 Å². The fourth-order valence-electron chi connectivity index (χ4n) is 0.862. The van der Waals surface area contributed by atoms with Crippen molar-refractivity contribution in [3.63, 3.8) is 0 Å². The molecule has 0 aromatic rings. The molecule has 4 heteroatoms. The van der Waals surface area contributed by atoms with Crippen LogP contribution in [-0.2, 0) is 9.59 Å². The zero-order chi connectivity index (χ0) is 8.69. The highest BCUT2D eigenvalue weighted by atomic mass is 16.2. The van der Waals surface area contributed by atoms with Gasteiger partial charge in [0, 0.05) is 13.0 Å². The minimum absolute atomic E-state index is 0.208. The average Bonchev–Trinajstić information content (AvgIpc) is 2.36. The molecule has 0 aromatic carbocycles. The SMILES string of the molecule is C=CN1CCCC1=O.NC=O. The number of rotatable bonds is 1. The molecular weight excluding hydrogens is 144 g/mol. The molecule has 1 aliphatic rings. The predicted molar refractivity (Wildman–Crippen MR) is 41.4 cm³/mol. The number of carbonyl (C=O) groups is 2. The van der Waals surface area contributed by atoms with Gasteiger partial charge in [0.25, 0.3) is 0 Å². The lowest BCUT2D eigenvalue weighted by molar-refractivity contribution is -0.125. The van der Waals surface area contributed by atoms with Crippen LogP contribution in [-0.4, -0.2) is 23.8 Å². The number of amides is 2. The zero-order valence-corrected chi connectivity index (χ0v) is 6.32. The molecule has 0 atom stereocenters. The monoisotopic (exact) mass is 156 g/mol. The van der Waals surface area contributed by atoms with Crippen molar-refractivity contribution in [1.29, 1.82) is 0 Å². The van der Waals surface area contributed by atoms with Gasteiger partial charge in [-0.15, -0.1) is 0 Å². The van der Waals surface area contributed by atoms with Crippen LogP contribution in [0.25, 0.3) is 0 Å². The molecule has 1 aliphatic heterocycles. The largest absolute Gasteiger partial charge is 0.372 e. The maximum Gasteiger partial charge on any atom is 0.226 e. The summed E-state index contributed by atoms with van der Waals surface area (Å²) in [5, 5.41) is 0. The summed E-state index contributed by atoms with van der Waals surface area (Å²) in [5.74, 6) is 0.208. The third-order valence-corrected chi connectivity index (χ3v) is 1.33. The molecule has 0 bridgehead atoms. The number of hydrogen-bond acceptors (Lipinski definition) is 2. The van der Waals surface area contributed by atoms with Crippen molar-refractivity contribution >= 4 is 12.3 Å². The lowest BCUT2D eigenvalue weighted by Gasteiger charge is -2.05. The normalized spacial score (nSPS) is 15.3. The molecule has 1 fully saturated rings. The van der Waals surface area contributed by atoms with Gasteiger partial charge in [0.1, 0.15) is 0 Å². The molecule has 1 heterocycles. The van der Waals surface area contributed by atoms with Gasteiger partial charge >= 0.3 is 0 Å². The Bertz CT molecular complexity index is 157. The van der Waals surface area contributed by atoms with E-state index in [4.69, 9.17) is 4.79 Å². The van der Waals surface area contributed by atoms with Crippen molar-refractivity contribution in [1.82, 2.24) is 4.90 Å². The van der Waals surface area contributed by atoms with Crippen LogP contribution in [0.2, 0.25) is 0 Å². The van der Waals surface area contributed by atoms with E-state index in [0.29, 0.717) is 6.42 Å². The Morgan fingerprint density at radius 2 is 2.18 bits per heavy atom. The van der Waals surface area contributed by atoms with Gasteiger partial charge in [0.2, 0.25) is 12.3 Å². The van der Waals surface area contributed by atoms with Gasteiger partial charge in [-0.25, -0.2) is 0 Å². The first-order chi connectivity index (χ1) is 5.26. The van der Waals surface area contributed by atoms with Crippen molar-refractivity contribution in [2.75, 3.05) is 6.54 Å². The van der Waals surface area contributed by atoms with Crippen LogP contribution >= 0.6 is 0 Å². The summed E-state index contributed by atoms with van der Waals surface area (Å²) < 4.78 is 0. The van der Waals surface area contributed by atoms with E-state index in [1.54, 1.807) is 11.1 Å². The fourth-order valence-corrected chi connectivity index (χ4v) is 0.862. The first-order valence-electron chi connectivity index (χ1n) is 3.33. The third kappa shape index (κ3) is 3.40. The lowest BCUT2D eigenvalue weighted by Crippen LogP contribution is -2.16. The van der Waals surface area contributed by atoms with Crippen molar-refractivity contribution in [3.8, 4) is 0 Å². The van der Waals surface area contributed by atoms with E-state index < -0.39 is 0 Å². The number of hydrogen-bond donors (Lipinski definition) is 1. The summed E-state index contributed by atoms with van der Waals surface area (Å²) in [4.78, 5) is 20.9. The Labute approximate surface area is 65.7 Å². The molecule has 4 nitrogen and oxygen atoms in total. The van der Waals surface area contributed by atoms with Crippen LogP contribution in [0.3, 0.4) is 0 Å². The molecule has 2 amide bonds. The van der Waals surface area contributed by atoms with E-state index in [2.05, 4.69) is 12.3 Å². The van der Waals surface area contributed by atoms with Crippen LogP contribution in [0.15, 0.2) is 12.8 Å². The fraction of sp³-hybridized carbons (Fsp3) is 0.429. The highest BCUT2D eigenvalue weighted by Crippen LogP contribution is 2.08. The van der Waals surface area contributed by atoms with E-state index in [1.807, 2.05) is 0 Å². The first kappa shape index (κ1) is 9.68. The van der Waals surface area contributed by atoms with Crippen molar-refractivity contribution in [2.24, 2.45) is 5.73 Å². The van der Waals surface area contributed by atoms with Crippen molar-refractivity contribution in [3.05, 3.63) is 12.8 Å². The molecule has 62 valence electrons. The third-order valence-electron chi connectivity index (χ3n) is 1.33. The Hall–Kier alpha value is -1.32. The average molecular weight is 156 g/mol. The summed E-state index contributed by atoms with van der Waals surface area (Å²) in [6.45, 7) is 4.36. The number of primary amides is 1. The van der Waals surface area contributed by atoms with Crippen LogP contribution in [0, 0.1) is 0 Å². The second-order valence-electron chi connectivity index (χ2n) is 2.01. The molecule has 0 aliphatic carbocycles. The molecule has 0 spiro atoms. The first-order valence-corrected chi connectivity index (χ1v) is 3.33. The number of likely N-dealkylation sites (tertiary alicyclic amines) is 1. The topological polar surface area (TPSA) is 63.4 Å². The Balaban J connectivity index is 0.000000292. The summed E-state index contributed by atoms with van der Waals surface area (Å²) >= 11 is 0. The summed E-state index contributed by atoms with van der Waals surface area (Å²) in [5.41, 5.74) is 4.17. The summed E-state index contributed by atoms with van der Waals surface area (Å²) in [6.07, 6.45) is 3.53. The minimum atomic E-state index is 0.208. The van der Waals surface area contributed by atoms with Crippen molar-refractivity contribution < 1.29 is 9.59 Å². The zero-order valence-electron chi connectivity index (χ0n) is 6.32. The van der Waals surface area contributed by atoms with Gasteiger partial charge in [0.05, 0.1) is 0 Å². The molecule has 0 aromatic heterocycles. The van der Waals surface area contributed by atoms with Crippen LogP contribution in [0.1, 0.15) is 12.8 Å². The summed E-state index contributed by atoms with van der Waals surface area (Å²) in [7, 11) is 0. The minimum Gasteiger partial charge on any atom is -0.372 e. The molecule has 11 heavy (non-hydrogen) atoms. The van der Waals surface area contributed by atoms with E-state index in [1.165, 1.54) is 0 Å². The standard InChI is InChI=1S/C6H9NO.CH3NO/c1-2-7-5-3-4-6(7)8;2-1-3/h2H,1,3-5H2;1H,(H2,2,3). The van der Waals surface area contributed by atoms with E-state index in [0.717, 1.165) is 13.0 Å². The van der Waals surface area contributed by atoms with Gasteiger partial charge in [-0.05, 0) is 12.6 Å². The number of carbonyl (C=O) groups excluding carboxylic acids is 2. The van der Waals surface area contributed by atoms with Crippen LogP contribution in [0.4, 0.5) is 0 Å². The van der Waals surface area contributed by atoms with Crippen LogP contribution in [0.5, 0.6) is 0 Å². The Morgan fingerprint density at radius 1 is 1.64 bits per heavy atom. The molecular formula is C7H12N2O2. The Kier molecular flexibility index (Phi) is 4.81. The van der Waals surface area contributed by atoms with E-state index in [9.17, 15) is 4.79 Å². The van der Waals surface area contributed by atoms with Gasteiger partial charge < -0.3 is 10.6 Å². The maximum atomic E-state index is 10.7. The number of nitrogens with zero attached hydrogens (tertiary/aromatic N) is 1. The second kappa shape index (κ2) is 5.46. The quantitative estimate of drug-likeness (QED) is 0.537. The highest BCUT2D eigenvalue weighted by Gasteiger charge is 2.15. The second-order valence-corrected chi connectivity index (χ2v) is 2.01. The van der Waals surface area contributed by atoms with E-state index in [-0.39, 0.29) is 12.3 Å². The molecule has 0 radical (unpaired) electrons. The van der Waals surface area contributed by atoms with Crippen LogP contribution < -0.4 is 5.73 Å².